The van der Waals surface area contributed by atoms with E-state index in [1.807, 2.05) is 12.1 Å². The molecule has 2 aliphatic heterocycles. The van der Waals surface area contributed by atoms with E-state index in [4.69, 9.17) is 14.9 Å². The Morgan fingerprint density at radius 1 is 1.13 bits per heavy atom. The molecule has 0 spiro atoms. The molecule has 0 aromatic carbocycles. The molecule has 0 aliphatic carbocycles. The molecule has 4 unspecified atom stereocenters. The van der Waals surface area contributed by atoms with Gasteiger partial charge in [0.25, 0.3) is 0 Å². The van der Waals surface area contributed by atoms with E-state index < -0.39 is 28.6 Å². The minimum Gasteiger partial charge on any atom is -0.448 e. The third kappa shape index (κ3) is 2.04. The lowest BCUT2D eigenvalue weighted by Crippen LogP contribution is -2.61. The Balaban J connectivity index is 2.46. The van der Waals surface area contributed by atoms with Crippen LogP contribution in [0.3, 0.4) is 0 Å². The normalized spacial score (nSPS) is 37.3. The summed E-state index contributed by atoms with van der Waals surface area (Å²) in [5, 5.41) is 37.6. The highest BCUT2D eigenvalue weighted by Crippen LogP contribution is 2.62. The Bertz CT molecular complexity index is 612. The van der Waals surface area contributed by atoms with Crippen LogP contribution in [0.1, 0.15) is 52.9 Å². The Labute approximate surface area is 137 Å². The molecule has 0 radical (unpaired) electrons. The van der Waals surface area contributed by atoms with Crippen LogP contribution >= 0.6 is 0 Å². The maximum Gasteiger partial charge on any atom is 0.214 e. The molecule has 0 aromatic rings. The van der Waals surface area contributed by atoms with Gasteiger partial charge in [0.1, 0.15) is 0 Å². The van der Waals surface area contributed by atoms with Crippen molar-refractivity contribution >= 4 is 5.90 Å². The lowest BCUT2D eigenvalue weighted by atomic mass is 9.54. The summed E-state index contributed by atoms with van der Waals surface area (Å²) in [7, 11) is 0. The monoisotopic (exact) mass is 314 g/mol. The SMILES string of the molecule is CCCCCCC1OC2(C)OC(=N)C(C#N)(C2C)C1(C#N)C#N. The van der Waals surface area contributed by atoms with Gasteiger partial charge in [0.15, 0.2) is 10.8 Å². The number of nitrogens with zero attached hydrogens (tertiary/aromatic N) is 3. The van der Waals surface area contributed by atoms with Gasteiger partial charge in [0, 0.05) is 6.92 Å². The van der Waals surface area contributed by atoms with Gasteiger partial charge in [-0.3, -0.25) is 5.41 Å². The van der Waals surface area contributed by atoms with Gasteiger partial charge in [-0.15, -0.1) is 0 Å². The van der Waals surface area contributed by atoms with Crippen LogP contribution in [0.5, 0.6) is 0 Å². The largest absolute Gasteiger partial charge is 0.448 e. The predicted molar refractivity (Wildman–Crippen MR) is 81.7 cm³/mol. The molecule has 2 aliphatic rings. The van der Waals surface area contributed by atoms with Gasteiger partial charge in [-0.05, 0) is 6.42 Å². The zero-order valence-corrected chi connectivity index (χ0v) is 13.8. The van der Waals surface area contributed by atoms with Crippen molar-refractivity contribution in [2.75, 3.05) is 0 Å². The van der Waals surface area contributed by atoms with E-state index in [1.54, 1.807) is 13.8 Å². The number of nitrogens with one attached hydrogen (secondary N) is 1. The number of nitriles is 3. The Morgan fingerprint density at radius 2 is 1.78 bits per heavy atom. The molecule has 1 N–H and O–H groups in total. The fraction of sp³-hybridized carbons (Fsp3) is 0.765. The van der Waals surface area contributed by atoms with E-state index in [-0.39, 0.29) is 5.90 Å². The van der Waals surface area contributed by atoms with Gasteiger partial charge in [-0.1, -0.05) is 39.5 Å². The number of hydrogen-bond acceptors (Lipinski definition) is 6. The van der Waals surface area contributed by atoms with Gasteiger partial charge in [0.2, 0.25) is 11.7 Å². The molecule has 2 saturated heterocycles. The second-order valence-corrected chi connectivity index (χ2v) is 6.58. The molecule has 2 fully saturated rings. The molecule has 6 nitrogen and oxygen atoms in total. The van der Waals surface area contributed by atoms with E-state index in [0.29, 0.717) is 6.42 Å². The zero-order valence-electron chi connectivity index (χ0n) is 13.8. The summed E-state index contributed by atoms with van der Waals surface area (Å²) in [6.07, 6.45) is 3.71. The van der Waals surface area contributed by atoms with Crippen molar-refractivity contribution in [3.05, 3.63) is 0 Å². The van der Waals surface area contributed by atoms with Crippen molar-refractivity contribution in [1.29, 1.82) is 21.2 Å². The molecule has 0 aromatic heterocycles. The first-order chi connectivity index (χ1) is 10.9. The maximum atomic E-state index is 9.82. The summed E-state index contributed by atoms with van der Waals surface area (Å²) in [4.78, 5) is 0. The predicted octanol–water partition coefficient (Wildman–Crippen LogP) is 3.26. The number of rotatable bonds is 5. The maximum absolute atomic E-state index is 9.82. The number of fused-ring (bicyclic) bond motifs is 2. The molecule has 6 heteroatoms. The standard InChI is InChI=1S/C17H22N4O2/c1-4-5-6-7-8-13-16(9-18,10-19)17(11-20)12(2)15(3,22-13)23-14(17)21/h12-13,21H,4-8H2,1-3H3. The van der Waals surface area contributed by atoms with Crippen molar-refractivity contribution in [2.24, 2.45) is 16.7 Å². The van der Waals surface area contributed by atoms with Crippen molar-refractivity contribution < 1.29 is 9.47 Å². The summed E-state index contributed by atoms with van der Waals surface area (Å²) in [5.41, 5.74) is -3.31. The van der Waals surface area contributed by atoms with E-state index in [2.05, 4.69) is 13.0 Å². The average molecular weight is 314 g/mol. The van der Waals surface area contributed by atoms with Crippen molar-refractivity contribution in [3.8, 4) is 18.2 Å². The molecule has 122 valence electrons. The van der Waals surface area contributed by atoms with Gasteiger partial charge in [-0.2, -0.15) is 15.8 Å². The van der Waals surface area contributed by atoms with Gasteiger partial charge in [-0.25, -0.2) is 0 Å². The highest BCUT2D eigenvalue weighted by molar-refractivity contribution is 5.89. The Morgan fingerprint density at radius 3 is 2.30 bits per heavy atom. The summed E-state index contributed by atoms with van der Waals surface area (Å²) < 4.78 is 11.5. The van der Waals surface area contributed by atoms with E-state index in [9.17, 15) is 15.8 Å². The fourth-order valence-electron chi connectivity index (χ4n) is 3.85. The lowest BCUT2D eigenvalue weighted by Gasteiger charge is -2.47. The topological polar surface area (TPSA) is 114 Å². The number of hydrogen-bond donors (Lipinski definition) is 1. The molecule has 2 bridgehead atoms. The first-order valence-corrected chi connectivity index (χ1v) is 8.08. The average Bonchev–Trinajstić information content (AvgIpc) is 2.68. The van der Waals surface area contributed by atoms with E-state index >= 15 is 0 Å². The quantitative estimate of drug-likeness (QED) is 0.782. The van der Waals surface area contributed by atoms with Crippen LogP contribution in [0.15, 0.2) is 0 Å². The van der Waals surface area contributed by atoms with Crippen molar-refractivity contribution in [3.63, 3.8) is 0 Å². The van der Waals surface area contributed by atoms with Crippen molar-refractivity contribution in [2.45, 2.75) is 64.8 Å². The van der Waals surface area contributed by atoms with E-state index in [1.165, 1.54) is 0 Å². The molecule has 23 heavy (non-hydrogen) atoms. The second-order valence-electron chi connectivity index (χ2n) is 6.58. The third-order valence-electron chi connectivity index (χ3n) is 5.43. The summed E-state index contributed by atoms with van der Waals surface area (Å²) in [6, 6.07) is 6.14. The van der Waals surface area contributed by atoms with Gasteiger partial charge >= 0.3 is 0 Å². The molecule has 2 rings (SSSR count). The Hall–Kier alpha value is -2.10. The molecular weight excluding hydrogens is 292 g/mol. The van der Waals surface area contributed by atoms with Crippen LogP contribution < -0.4 is 0 Å². The third-order valence-corrected chi connectivity index (χ3v) is 5.43. The second kappa shape index (κ2) is 5.84. The number of ether oxygens (including phenoxy) is 2. The molecule has 0 amide bonds. The van der Waals surface area contributed by atoms with Crippen LogP contribution in [-0.2, 0) is 9.47 Å². The highest BCUT2D eigenvalue weighted by Gasteiger charge is 2.77. The zero-order chi connectivity index (χ0) is 17.3. The van der Waals surface area contributed by atoms with Gasteiger partial charge < -0.3 is 9.47 Å². The summed E-state index contributed by atoms with van der Waals surface area (Å²) >= 11 is 0. The first kappa shape index (κ1) is 17.3. The molecule has 4 atom stereocenters. The molecule has 2 heterocycles. The number of unbranched alkanes of at least 4 members (excludes halogenated alkanes) is 3. The molecule has 0 saturated carbocycles. The van der Waals surface area contributed by atoms with Gasteiger partial charge in [0.05, 0.1) is 30.2 Å². The minimum atomic E-state index is -1.72. The minimum absolute atomic E-state index is 0.325. The van der Waals surface area contributed by atoms with Crippen LogP contribution in [0, 0.1) is 56.2 Å². The molecular formula is C17H22N4O2. The van der Waals surface area contributed by atoms with E-state index in [0.717, 1.165) is 25.7 Å². The van der Waals surface area contributed by atoms with Crippen LogP contribution in [0.25, 0.3) is 0 Å². The van der Waals surface area contributed by atoms with Crippen LogP contribution in [0.2, 0.25) is 0 Å². The summed E-state index contributed by atoms with van der Waals surface area (Å²) in [5.74, 6) is -2.03. The summed E-state index contributed by atoms with van der Waals surface area (Å²) in [6.45, 7) is 5.50. The first-order valence-electron chi connectivity index (χ1n) is 8.08. The van der Waals surface area contributed by atoms with Crippen LogP contribution in [-0.4, -0.2) is 17.8 Å². The van der Waals surface area contributed by atoms with Crippen molar-refractivity contribution in [1.82, 2.24) is 0 Å². The Kier molecular flexibility index (Phi) is 4.38. The smallest absolute Gasteiger partial charge is 0.214 e. The fourth-order valence-corrected chi connectivity index (χ4v) is 3.85. The lowest BCUT2D eigenvalue weighted by molar-refractivity contribution is -0.267. The highest BCUT2D eigenvalue weighted by atomic mass is 16.7. The van der Waals surface area contributed by atoms with Crippen LogP contribution in [0.4, 0.5) is 0 Å².